The van der Waals surface area contributed by atoms with Crippen LogP contribution in [0.15, 0.2) is 23.3 Å². The Balaban J connectivity index is 1.83. The molecule has 0 aliphatic heterocycles. The van der Waals surface area contributed by atoms with E-state index in [9.17, 15) is 24.9 Å². The van der Waals surface area contributed by atoms with Crippen LogP contribution in [0.4, 0.5) is 4.39 Å². The lowest BCUT2D eigenvalue weighted by molar-refractivity contribution is -0.217. The zero-order valence-corrected chi connectivity index (χ0v) is 16.7. The Labute approximate surface area is 164 Å². The van der Waals surface area contributed by atoms with Crippen molar-refractivity contribution in [2.24, 2.45) is 22.7 Å². The first-order chi connectivity index (χ1) is 13.0. The van der Waals surface area contributed by atoms with Crippen molar-refractivity contribution in [1.82, 2.24) is 0 Å². The number of rotatable bonds is 2. The molecule has 3 saturated carbocycles. The van der Waals surface area contributed by atoms with Gasteiger partial charge in [0.2, 0.25) is 0 Å². The number of ketones is 2. The van der Waals surface area contributed by atoms with Crippen LogP contribution in [-0.2, 0) is 9.59 Å². The van der Waals surface area contributed by atoms with Crippen LogP contribution >= 0.6 is 0 Å². The minimum absolute atomic E-state index is 0.0589. The predicted octanol–water partition coefficient (Wildman–Crippen LogP) is 2.04. The van der Waals surface area contributed by atoms with Crippen LogP contribution in [0.5, 0.6) is 0 Å². The number of fused-ring (bicyclic) bond motifs is 5. The maximum Gasteiger partial charge on any atom is 0.190 e. The molecular formula is C22H29FO5. The SMILES string of the molecule is CC1=C[C@@]2(C)C(=CC1=O)CC[C@H]1[C@@H]3CC[C@](O)(C(=O)CO)[C@@]3(C)CC(O)[C@@]12F. The third-order valence-corrected chi connectivity index (χ3v) is 8.70. The number of Topliss-reactive ketones (excluding diaryl/α,β-unsaturated/α-hetero) is 1. The molecular weight excluding hydrogens is 363 g/mol. The van der Waals surface area contributed by atoms with Gasteiger partial charge in [0.25, 0.3) is 0 Å². The average molecular weight is 392 g/mol. The lowest BCUT2D eigenvalue weighted by Crippen LogP contribution is -2.69. The number of hydrogen-bond acceptors (Lipinski definition) is 5. The largest absolute Gasteiger partial charge is 0.390 e. The molecule has 0 aromatic carbocycles. The molecule has 1 unspecified atom stereocenters. The molecule has 3 fully saturated rings. The Morgan fingerprint density at radius 2 is 1.96 bits per heavy atom. The van der Waals surface area contributed by atoms with Gasteiger partial charge < -0.3 is 15.3 Å². The van der Waals surface area contributed by atoms with Crippen LogP contribution in [0, 0.1) is 22.7 Å². The second-order valence-electron chi connectivity index (χ2n) is 9.70. The number of halogens is 1. The Kier molecular flexibility index (Phi) is 4.15. The predicted molar refractivity (Wildman–Crippen MR) is 100 cm³/mol. The number of aliphatic hydroxyl groups is 3. The molecule has 6 heteroatoms. The van der Waals surface area contributed by atoms with Gasteiger partial charge in [-0.2, -0.15) is 0 Å². The van der Waals surface area contributed by atoms with Gasteiger partial charge in [0, 0.05) is 16.7 Å². The van der Waals surface area contributed by atoms with Gasteiger partial charge in [-0.1, -0.05) is 18.6 Å². The summed E-state index contributed by atoms with van der Waals surface area (Å²) in [6.45, 7) is 4.41. The number of carbonyl (C=O) groups is 2. The topological polar surface area (TPSA) is 94.8 Å². The van der Waals surface area contributed by atoms with Gasteiger partial charge in [-0.3, -0.25) is 9.59 Å². The van der Waals surface area contributed by atoms with E-state index in [1.165, 1.54) is 6.08 Å². The van der Waals surface area contributed by atoms with Crippen molar-refractivity contribution in [2.75, 3.05) is 6.61 Å². The van der Waals surface area contributed by atoms with Crippen molar-refractivity contribution in [3.8, 4) is 0 Å². The van der Waals surface area contributed by atoms with E-state index < -0.39 is 46.5 Å². The maximum absolute atomic E-state index is 16.9. The first-order valence-corrected chi connectivity index (χ1v) is 10.1. The van der Waals surface area contributed by atoms with E-state index in [0.717, 1.165) is 0 Å². The molecule has 4 aliphatic carbocycles. The monoisotopic (exact) mass is 392 g/mol. The summed E-state index contributed by atoms with van der Waals surface area (Å²) in [6.07, 6.45) is 3.39. The highest BCUT2D eigenvalue weighted by atomic mass is 19.1. The van der Waals surface area contributed by atoms with Crippen molar-refractivity contribution in [3.05, 3.63) is 23.3 Å². The first kappa shape index (κ1) is 19.9. The minimum Gasteiger partial charge on any atom is -0.390 e. The lowest BCUT2D eigenvalue weighted by atomic mass is 9.44. The second-order valence-corrected chi connectivity index (χ2v) is 9.70. The molecule has 0 saturated heterocycles. The zero-order chi connectivity index (χ0) is 20.7. The zero-order valence-electron chi connectivity index (χ0n) is 16.7. The van der Waals surface area contributed by atoms with E-state index in [-0.39, 0.29) is 24.5 Å². The summed E-state index contributed by atoms with van der Waals surface area (Å²) >= 11 is 0. The highest BCUT2D eigenvalue weighted by molar-refractivity contribution is 6.05. The highest BCUT2D eigenvalue weighted by Crippen LogP contribution is 2.69. The first-order valence-electron chi connectivity index (χ1n) is 10.1. The normalized spacial score (nSPS) is 50.2. The smallest absolute Gasteiger partial charge is 0.190 e. The molecule has 0 spiro atoms. The summed E-state index contributed by atoms with van der Waals surface area (Å²) in [5.74, 6) is -1.60. The van der Waals surface area contributed by atoms with E-state index in [1.54, 1.807) is 26.8 Å². The number of aliphatic hydroxyl groups excluding tert-OH is 2. The molecule has 5 nitrogen and oxygen atoms in total. The Morgan fingerprint density at radius 3 is 2.61 bits per heavy atom. The quantitative estimate of drug-likeness (QED) is 0.669. The molecule has 0 heterocycles. The van der Waals surface area contributed by atoms with Gasteiger partial charge in [-0.15, -0.1) is 0 Å². The van der Waals surface area contributed by atoms with E-state index in [2.05, 4.69) is 0 Å². The molecule has 0 aromatic heterocycles. The highest BCUT2D eigenvalue weighted by Gasteiger charge is 2.74. The van der Waals surface area contributed by atoms with Gasteiger partial charge in [0.1, 0.15) is 12.2 Å². The summed E-state index contributed by atoms with van der Waals surface area (Å²) in [7, 11) is 0. The Hall–Kier alpha value is -1.37. The molecule has 3 N–H and O–H groups in total. The summed E-state index contributed by atoms with van der Waals surface area (Å²) in [5.41, 5.74) is -4.62. The van der Waals surface area contributed by atoms with Crippen LogP contribution in [0.2, 0.25) is 0 Å². The third kappa shape index (κ3) is 2.06. The van der Waals surface area contributed by atoms with Gasteiger partial charge in [-0.25, -0.2) is 4.39 Å². The van der Waals surface area contributed by atoms with E-state index >= 15 is 4.39 Å². The van der Waals surface area contributed by atoms with Gasteiger partial charge in [0.05, 0.1) is 6.10 Å². The number of alkyl halides is 1. The summed E-state index contributed by atoms with van der Waals surface area (Å²) < 4.78 is 16.9. The molecule has 0 bridgehead atoms. The van der Waals surface area contributed by atoms with Gasteiger partial charge in [0.15, 0.2) is 17.2 Å². The molecule has 28 heavy (non-hydrogen) atoms. The van der Waals surface area contributed by atoms with E-state index in [4.69, 9.17) is 0 Å². The number of carbonyl (C=O) groups excluding carboxylic acids is 2. The molecule has 4 rings (SSSR count). The number of hydrogen-bond donors (Lipinski definition) is 3. The van der Waals surface area contributed by atoms with Crippen LogP contribution in [0.1, 0.15) is 52.9 Å². The molecule has 0 aromatic rings. The summed E-state index contributed by atoms with van der Waals surface area (Å²) in [5, 5.41) is 31.7. The molecule has 154 valence electrons. The van der Waals surface area contributed by atoms with Crippen LogP contribution in [0.3, 0.4) is 0 Å². The number of allylic oxidation sites excluding steroid dienone is 4. The van der Waals surface area contributed by atoms with Crippen molar-refractivity contribution in [2.45, 2.75) is 70.2 Å². The molecule has 0 amide bonds. The van der Waals surface area contributed by atoms with Crippen LogP contribution in [-0.4, -0.2) is 50.9 Å². The van der Waals surface area contributed by atoms with Crippen molar-refractivity contribution >= 4 is 11.6 Å². The van der Waals surface area contributed by atoms with Crippen LogP contribution < -0.4 is 0 Å². The van der Waals surface area contributed by atoms with Crippen molar-refractivity contribution < 1.29 is 29.3 Å². The van der Waals surface area contributed by atoms with E-state index in [1.807, 2.05) is 0 Å². The molecule has 7 atom stereocenters. The standard InChI is InChI=1S/C22H29FO5/c1-12-9-19(2)13(8-16(12)25)4-5-15-14-6-7-21(28,18(27)11-24)20(14,3)10-17(26)22(15,19)23/h8-9,14-15,17,24,26,28H,4-7,10-11H2,1-3H3/t14-,15-,17?,19-,20-,21-,22-/m0/s1. The fraction of sp³-hybridized carbons (Fsp3) is 0.727. The fourth-order valence-corrected chi connectivity index (χ4v) is 7.08. The Bertz CT molecular complexity index is 818. The van der Waals surface area contributed by atoms with Gasteiger partial charge in [-0.05, 0) is 63.5 Å². The minimum atomic E-state index is -1.98. The van der Waals surface area contributed by atoms with Crippen molar-refractivity contribution in [1.29, 1.82) is 0 Å². The lowest BCUT2D eigenvalue weighted by Gasteiger charge is -2.62. The maximum atomic E-state index is 16.9. The fourth-order valence-electron chi connectivity index (χ4n) is 7.08. The second kappa shape index (κ2) is 5.83. The van der Waals surface area contributed by atoms with E-state index in [0.29, 0.717) is 30.4 Å². The van der Waals surface area contributed by atoms with Crippen molar-refractivity contribution in [3.63, 3.8) is 0 Å². The third-order valence-electron chi connectivity index (χ3n) is 8.70. The van der Waals surface area contributed by atoms with Crippen LogP contribution in [0.25, 0.3) is 0 Å². The summed E-state index contributed by atoms with van der Waals surface area (Å²) in [6, 6.07) is 0. The average Bonchev–Trinajstić information content (AvgIpc) is 2.89. The van der Waals surface area contributed by atoms with Gasteiger partial charge >= 0.3 is 0 Å². The Morgan fingerprint density at radius 1 is 1.29 bits per heavy atom. The summed E-state index contributed by atoms with van der Waals surface area (Å²) in [4.78, 5) is 24.5. The molecule has 4 aliphatic rings. The molecule has 0 radical (unpaired) electrons.